The van der Waals surface area contributed by atoms with Crippen molar-refractivity contribution in [3.05, 3.63) is 28.8 Å². The van der Waals surface area contributed by atoms with Crippen molar-refractivity contribution in [2.24, 2.45) is 5.92 Å². The average Bonchev–Trinajstić information content (AvgIpc) is 2.78. The standard InChI is InChI=1S/C14H17Cl2NO2/c1-9-5-6-17(12(9)8-15)14(18)11-4-3-10(16)7-13(11)19-2/h3-4,7,9,12H,5-6,8H2,1-2H3. The lowest BCUT2D eigenvalue weighted by atomic mass is 10.0. The number of likely N-dealkylation sites (tertiary alicyclic amines) is 1. The van der Waals surface area contributed by atoms with Crippen LogP contribution in [0.25, 0.3) is 0 Å². The van der Waals surface area contributed by atoms with Crippen LogP contribution in [0.2, 0.25) is 5.02 Å². The van der Waals surface area contributed by atoms with E-state index < -0.39 is 0 Å². The van der Waals surface area contributed by atoms with Gasteiger partial charge < -0.3 is 9.64 Å². The monoisotopic (exact) mass is 301 g/mol. The van der Waals surface area contributed by atoms with Crippen LogP contribution >= 0.6 is 23.2 Å². The Hall–Kier alpha value is -0.930. The van der Waals surface area contributed by atoms with Crippen molar-refractivity contribution in [3.63, 3.8) is 0 Å². The van der Waals surface area contributed by atoms with Gasteiger partial charge in [0.15, 0.2) is 0 Å². The molecule has 5 heteroatoms. The summed E-state index contributed by atoms with van der Waals surface area (Å²) in [7, 11) is 1.54. The SMILES string of the molecule is COc1cc(Cl)ccc1C(=O)N1CCC(C)C1CCl. The van der Waals surface area contributed by atoms with Crippen molar-refractivity contribution in [2.45, 2.75) is 19.4 Å². The number of methoxy groups -OCH3 is 1. The van der Waals surface area contributed by atoms with Crippen LogP contribution in [-0.2, 0) is 0 Å². The number of hydrogen-bond acceptors (Lipinski definition) is 2. The molecule has 19 heavy (non-hydrogen) atoms. The Balaban J connectivity index is 2.29. The van der Waals surface area contributed by atoms with Crippen molar-refractivity contribution >= 4 is 29.1 Å². The summed E-state index contributed by atoms with van der Waals surface area (Å²) in [6, 6.07) is 5.16. The minimum atomic E-state index is -0.0384. The van der Waals surface area contributed by atoms with Crippen LogP contribution in [0.5, 0.6) is 5.75 Å². The van der Waals surface area contributed by atoms with Crippen LogP contribution in [0.4, 0.5) is 0 Å². The average molecular weight is 302 g/mol. The molecule has 1 saturated heterocycles. The number of benzene rings is 1. The molecule has 0 aliphatic carbocycles. The number of alkyl halides is 1. The second kappa shape index (κ2) is 6.02. The molecule has 1 aliphatic rings. The van der Waals surface area contributed by atoms with Crippen LogP contribution in [0, 0.1) is 5.92 Å². The van der Waals surface area contributed by atoms with E-state index in [2.05, 4.69) is 6.92 Å². The third-order valence-corrected chi connectivity index (χ3v) is 4.25. The van der Waals surface area contributed by atoms with Gasteiger partial charge in [0, 0.05) is 23.5 Å². The van der Waals surface area contributed by atoms with Gasteiger partial charge in [0.1, 0.15) is 5.75 Å². The summed E-state index contributed by atoms with van der Waals surface area (Å²) in [6.45, 7) is 2.86. The molecule has 1 aliphatic heterocycles. The quantitative estimate of drug-likeness (QED) is 0.801. The van der Waals surface area contributed by atoms with E-state index in [1.54, 1.807) is 18.2 Å². The Morgan fingerprint density at radius 1 is 1.53 bits per heavy atom. The van der Waals surface area contributed by atoms with E-state index in [9.17, 15) is 4.79 Å². The molecule has 1 aromatic carbocycles. The number of halogens is 2. The summed E-state index contributed by atoms with van der Waals surface area (Å²) in [6.07, 6.45) is 0.985. The van der Waals surface area contributed by atoms with Crippen LogP contribution < -0.4 is 4.74 Å². The van der Waals surface area contributed by atoms with Gasteiger partial charge in [-0.15, -0.1) is 11.6 Å². The first kappa shape index (κ1) is 14.5. The molecular weight excluding hydrogens is 285 g/mol. The third-order valence-electron chi connectivity index (χ3n) is 3.70. The number of carbonyl (C=O) groups excluding carboxylic acids is 1. The zero-order valence-electron chi connectivity index (χ0n) is 11.0. The van der Waals surface area contributed by atoms with Gasteiger partial charge in [-0.3, -0.25) is 4.79 Å². The van der Waals surface area contributed by atoms with Gasteiger partial charge in [-0.1, -0.05) is 18.5 Å². The lowest BCUT2D eigenvalue weighted by Gasteiger charge is -2.25. The maximum atomic E-state index is 12.6. The molecule has 2 unspecified atom stereocenters. The first-order valence-electron chi connectivity index (χ1n) is 6.29. The maximum absolute atomic E-state index is 12.6. The second-order valence-electron chi connectivity index (χ2n) is 4.83. The highest BCUT2D eigenvalue weighted by atomic mass is 35.5. The lowest BCUT2D eigenvalue weighted by molar-refractivity contribution is 0.0733. The van der Waals surface area contributed by atoms with Gasteiger partial charge in [0.2, 0.25) is 0 Å². The van der Waals surface area contributed by atoms with Crippen molar-refractivity contribution in [1.29, 1.82) is 0 Å². The summed E-state index contributed by atoms with van der Waals surface area (Å²) in [5.74, 6) is 1.36. The summed E-state index contributed by atoms with van der Waals surface area (Å²) in [4.78, 5) is 14.4. The Morgan fingerprint density at radius 2 is 2.26 bits per heavy atom. The predicted octanol–water partition coefficient (Wildman–Crippen LogP) is 3.44. The van der Waals surface area contributed by atoms with Crippen molar-refractivity contribution in [3.8, 4) is 5.75 Å². The molecule has 0 radical (unpaired) electrons. The maximum Gasteiger partial charge on any atom is 0.257 e. The molecule has 0 N–H and O–H groups in total. The van der Waals surface area contributed by atoms with Crippen LogP contribution in [0.1, 0.15) is 23.7 Å². The molecule has 1 fully saturated rings. The summed E-state index contributed by atoms with van der Waals surface area (Å²) < 4.78 is 5.24. The van der Waals surface area contributed by atoms with Gasteiger partial charge in [-0.2, -0.15) is 0 Å². The predicted molar refractivity (Wildman–Crippen MR) is 77.3 cm³/mol. The summed E-state index contributed by atoms with van der Waals surface area (Å²) in [5, 5.41) is 0.553. The molecule has 2 atom stereocenters. The Kier molecular flexibility index (Phi) is 4.58. The van der Waals surface area contributed by atoms with E-state index in [4.69, 9.17) is 27.9 Å². The van der Waals surface area contributed by atoms with Gasteiger partial charge >= 0.3 is 0 Å². The Labute approximate surface area is 123 Å². The second-order valence-corrected chi connectivity index (χ2v) is 5.58. The lowest BCUT2D eigenvalue weighted by Crippen LogP contribution is -2.38. The minimum absolute atomic E-state index is 0.0384. The van der Waals surface area contributed by atoms with Crippen LogP contribution in [0.15, 0.2) is 18.2 Å². The van der Waals surface area contributed by atoms with E-state index in [0.717, 1.165) is 13.0 Å². The van der Waals surface area contributed by atoms with Crippen molar-refractivity contribution in [1.82, 2.24) is 4.90 Å². The molecule has 3 nitrogen and oxygen atoms in total. The number of amides is 1. The largest absolute Gasteiger partial charge is 0.496 e. The first-order chi connectivity index (χ1) is 9.08. The number of carbonyl (C=O) groups is 1. The summed E-state index contributed by atoms with van der Waals surface area (Å²) >= 11 is 11.9. The number of rotatable bonds is 3. The molecule has 1 heterocycles. The van der Waals surface area contributed by atoms with Crippen LogP contribution in [0.3, 0.4) is 0 Å². The van der Waals surface area contributed by atoms with Gasteiger partial charge in [-0.25, -0.2) is 0 Å². The highest BCUT2D eigenvalue weighted by Gasteiger charge is 2.35. The van der Waals surface area contributed by atoms with Crippen molar-refractivity contribution < 1.29 is 9.53 Å². The highest BCUT2D eigenvalue weighted by Crippen LogP contribution is 2.30. The molecule has 0 aromatic heterocycles. The van der Waals surface area contributed by atoms with Gasteiger partial charge in [0.05, 0.1) is 12.7 Å². The number of hydrogen-bond donors (Lipinski definition) is 0. The number of ether oxygens (including phenoxy) is 1. The zero-order valence-corrected chi connectivity index (χ0v) is 12.5. The molecule has 0 saturated carbocycles. The zero-order chi connectivity index (χ0) is 14.0. The van der Waals surface area contributed by atoms with Gasteiger partial charge in [0.25, 0.3) is 5.91 Å². The smallest absolute Gasteiger partial charge is 0.257 e. The topological polar surface area (TPSA) is 29.5 Å². The molecule has 1 aromatic rings. The molecule has 2 rings (SSSR count). The minimum Gasteiger partial charge on any atom is -0.496 e. The number of nitrogens with zero attached hydrogens (tertiary/aromatic N) is 1. The van der Waals surface area contributed by atoms with Gasteiger partial charge in [-0.05, 0) is 30.5 Å². The van der Waals surface area contributed by atoms with Crippen molar-refractivity contribution in [2.75, 3.05) is 19.5 Å². The van der Waals surface area contributed by atoms with E-state index in [-0.39, 0.29) is 11.9 Å². The molecule has 0 bridgehead atoms. The van der Waals surface area contributed by atoms with E-state index in [0.29, 0.717) is 28.1 Å². The molecule has 104 valence electrons. The van der Waals surface area contributed by atoms with E-state index >= 15 is 0 Å². The molecule has 1 amide bonds. The Morgan fingerprint density at radius 3 is 2.89 bits per heavy atom. The molecule has 0 spiro atoms. The van der Waals surface area contributed by atoms with E-state index in [1.807, 2.05) is 4.90 Å². The fourth-order valence-electron chi connectivity index (χ4n) is 2.49. The fourth-order valence-corrected chi connectivity index (χ4v) is 3.12. The first-order valence-corrected chi connectivity index (χ1v) is 7.20. The molecular formula is C14H17Cl2NO2. The summed E-state index contributed by atoms with van der Waals surface area (Å²) in [5.41, 5.74) is 0.538. The normalized spacial score (nSPS) is 22.6. The highest BCUT2D eigenvalue weighted by molar-refractivity contribution is 6.30. The fraction of sp³-hybridized carbons (Fsp3) is 0.500. The Bertz CT molecular complexity index is 479. The van der Waals surface area contributed by atoms with Crippen LogP contribution in [-0.4, -0.2) is 36.4 Å². The third kappa shape index (κ3) is 2.82. The van der Waals surface area contributed by atoms with E-state index in [1.165, 1.54) is 7.11 Å².